The Kier molecular flexibility index (Phi) is 4.38. The number of thioether (sulfide) groups is 1. The van der Waals surface area contributed by atoms with Crippen LogP contribution >= 0.6 is 11.8 Å². The molecule has 1 aliphatic rings. The molecule has 120 valence electrons. The fourth-order valence-corrected chi connectivity index (χ4v) is 3.38. The number of rotatable bonds is 5. The molecule has 0 spiro atoms. The van der Waals surface area contributed by atoms with Gasteiger partial charge in [-0.05, 0) is 31.0 Å². The van der Waals surface area contributed by atoms with Crippen molar-refractivity contribution in [1.29, 1.82) is 0 Å². The van der Waals surface area contributed by atoms with Crippen molar-refractivity contribution >= 4 is 23.7 Å². The molecular weight excluding hydrogens is 312 g/mol. The van der Waals surface area contributed by atoms with Gasteiger partial charge >= 0.3 is 6.03 Å². The van der Waals surface area contributed by atoms with E-state index < -0.39 is 0 Å². The third kappa shape index (κ3) is 3.10. The number of imide groups is 1. The van der Waals surface area contributed by atoms with Crippen molar-refractivity contribution in [2.75, 3.05) is 18.8 Å². The number of amides is 3. The number of benzene rings is 1. The Labute approximate surface area is 138 Å². The summed E-state index contributed by atoms with van der Waals surface area (Å²) in [6.07, 6.45) is 3.69. The lowest BCUT2D eigenvalue weighted by molar-refractivity contribution is -0.124. The minimum Gasteiger partial charge on any atom is -0.329 e. The number of hydrogen-bond acceptors (Lipinski definition) is 4. The van der Waals surface area contributed by atoms with E-state index in [1.807, 2.05) is 16.8 Å². The fraction of sp³-hybridized carbons (Fsp3) is 0.312. The summed E-state index contributed by atoms with van der Waals surface area (Å²) >= 11 is 1.53. The average Bonchev–Trinajstić information content (AvgIpc) is 3.11. The second-order valence-corrected chi connectivity index (χ2v) is 6.41. The van der Waals surface area contributed by atoms with Crippen LogP contribution in [-0.4, -0.2) is 45.2 Å². The summed E-state index contributed by atoms with van der Waals surface area (Å²) in [5.41, 5.74) is 3.54. The molecule has 1 aromatic carbocycles. The number of nitrogens with one attached hydrogen (secondary N) is 1. The summed E-state index contributed by atoms with van der Waals surface area (Å²) in [6.45, 7) is 4.65. The summed E-state index contributed by atoms with van der Waals surface area (Å²) in [4.78, 5) is 28.7. The van der Waals surface area contributed by atoms with E-state index >= 15 is 0 Å². The van der Waals surface area contributed by atoms with Crippen LogP contribution in [0.25, 0.3) is 5.69 Å². The first kappa shape index (κ1) is 15.6. The zero-order valence-electron chi connectivity index (χ0n) is 13.1. The SMILES string of the molecule is Cc1cccc(-n2ccnc2SCCN2C(=O)CNC2=O)c1C. The monoisotopic (exact) mass is 330 g/mol. The molecule has 0 saturated carbocycles. The number of nitrogens with zero attached hydrogens (tertiary/aromatic N) is 3. The lowest BCUT2D eigenvalue weighted by Gasteiger charge is -2.14. The van der Waals surface area contributed by atoms with Gasteiger partial charge < -0.3 is 5.32 Å². The van der Waals surface area contributed by atoms with Gasteiger partial charge in [0.1, 0.15) is 0 Å². The van der Waals surface area contributed by atoms with Crippen LogP contribution in [0.2, 0.25) is 0 Å². The fourth-order valence-electron chi connectivity index (χ4n) is 2.49. The summed E-state index contributed by atoms with van der Waals surface area (Å²) < 4.78 is 2.04. The van der Waals surface area contributed by atoms with Crippen molar-refractivity contribution in [2.45, 2.75) is 19.0 Å². The van der Waals surface area contributed by atoms with Gasteiger partial charge in [0, 0.05) is 24.7 Å². The smallest absolute Gasteiger partial charge is 0.324 e. The van der Waals surface area contributed by atoms with Crippen molar-refractivity contribution in [3.63, 3.8) is 0 Å². The third-order valence-electron chi connectivity index (χ3n) is 3.93. The second kappa shape index (κ2) is 6.45. The van der Waals surface area contributed by atoms with Gasteiger partial charge in [0.05, 0.1) is 12.2 Å². The van der Waals surface area contributed by atoms with E-state index in [-0.39, 0.29) is 18.5 Å². The number of imidazole rings is 1. The van der Waals surface area contributed by atoms with Gasteiger partial charge in [-0.2, -0.15) is 0 Å². The number of urea groups is 1. The van der Waals surface area contributed by atoms with E-state index in [2.05, 4.69) is 36.3 Å². The van der Waals surface area contributed by atoms with E-state index in [1.165, 1.54) is 27.8 Å². The van der Waals surface area contributed by atoms with Crippen LogP contribution in [0.15, 0.2) is 35.7 Å². The predicted octanol–water partition coefficient (Wildman–Crippen LogP) is 2.13. The molecule has 0 atom stereocenters. The maximum absolute atomic E-state index is 11.6. The average molecular weight is 330 g/mol. The Balaban J connectivity index is 1.71. The minimum atomic E-state index is -0.312. The highest BCUT2D eigenvalue weighted by Crippen LogP contribution is 2.24. The van der Waals surface area contributed by atoms with E-state index in [1.54, 1.807) is 6.20 Å². The molecule has 7 heteroatoms. The molecular formula is C16H18N4O2S. The molecule has 23 heavy (non-hydrogen) atoms. The van der Waals surface area contributed by atoms with Crippen molar-refractivity contribution in [1.82, 2.24) is 19.8 Å². The van der Waals surface area contributed by atoms with Gasteiger partial charge in [0.25, 0.3) is 0 Å². The Morgan fingerprint density at radius 3 is 2.87 bits per heavy atom. The second-order valence-electron chi connectivity index (χ2n) is 5.35. The maximum Gasteiger partial charge on any atom is 0.324 e. The topological polar surface area (TPSA) is 67.2 Å². The molecule has 0 bridgehead atoms. The van der Waals surface area contributed by atoms with Gasteiger partial charge in [-0.15, -0.1) is 0 Å². The Hall–Kier alpha value is -2.28. The summed E-state index contributed by atoms with van der Waals surface area (Å²) in [6, 6.07) is 5.86. The summed E-state index contributed by atoms with van der Waals surface area (Å²) in [5.74, 6) is 0.439. The van der Waals surface area contributed by atoms with E-state index in [0.29, 0.717) is 12.3 Å². The molecule has 1 saturated heterocycles. The highest BCUT2D eigenvalue weighted by atomic mass is 32.2. The first-order valence-electron chi connectivity index (χ1n) is 7.39. The lowest BCUT2D eigenvalue weighted by atomic mass is 10.1. The highest BCUT2D eigenvalue weighted by molar-refractivity contribution is 7.99. The van der Waals surface area contributed by atoms with Gasteiger partial charge in [-0.25, -0.2) is 9.78 Å². The summed E-state index contributed by atoms with van der Waals surface area (Å²) in [7, 11) is 0. The molecule has 0 unspecified atom stereocenters. The van der Waals surface area contributed by atoms with E-state index in [0.717, 1.165) is 10.8 Å². The Bertz CT molecular complexity index is 740. The van der Waals surface area contributed by atoms with Crippen molar-refractivity contribution < 1.29 is 9.59 Å². The minimum absolute atomic E-state index is 0.0978. The number of carbonyl (C=O) groups is 2. The molecule has 3 amide bonds. The molecule has 0 aliphatic carbocycles. The van der Waals surface area contributed by atoms with Gasteiger partial charge in [0.2, 0.25) is 5.91 Å². The Morgan fingerprint density at radius 1 is 1.30 bits per heavy atom. The molecule has 6 nitrogen and oxygen atoms in total. The van der Waals surface area contributed by atoms with Crippen molar-refractivity contribution in [3.05, 3.63) is 41.7 Å². The normalized spacial score (nSPS) is 14.4. The standard InChI is InChI=1S/C16H18N4O2S/c1-11-4-3-5-13(12(11)2)19-7-6-17-16(19)23-9-8-20-14(21)10-18-15(20)22/h3-7H,8-10H2,1-2H3,(H,18,22). The van der Waals surface area contributed by atoms with Crippen molar-refractivity contribution in [3.8, 4) is 5.69 Å². The molecule has 0 radical (unpaired) electrons. The van der Waals surface area contributed by atoms with Crippen LogP contribution < -0.4 is 5.32 Å². The Morgan fingerprint density at radius 2 is 2.13 bits per heavy atom. The first-order chi connectivity index (χ1) is 11.1. The number of aryl methyl sites for hydroxylation is 1. The van der Waals surface area contributed by atoms with Gasteiger partial charge in [-0.1, -0.05) is 23.9 Å². The quantitative estimate of drug-likeness (QED) is 0.674. The molecule has 1 aromatic heterocycles. The zero-order valence-corrected chi connectivity index (χ0v) is 13.9. The number of hydrogen-bond donors (Lipinski definition) is 1. The van der Waals surface area contributed by atoms with Crippen LogP contribution in [-0.2, 0) is 4.79 Å². The summed E-state index contributed by atoms with van der Waals surface area (Å²) in [5, 5.41) is 3.37. The van der Waals surface area contributed by atoms with E-state index in [9.17, 15) is 9.59 Å². The first-order valence-corrected chi connectivity index (χ1v) is 8.37. The van der Waals surface area contributed by atoms with Crippen molar-refractivity contribution in [2.24, 2.45) is 0 Å². The van der Waals surface area contributed by atoms with Crippen LogP contribution in [0.3, 0.4) is 0 Å². The van der Waals surface area contributed by atoms with Crippen LogP contribution in [0, 0.1) is 13.8 Å². The molecule has 1 aliphatic heterocycles. The third-order valence-corrected chi connectivity index (χ3v) is 4.87. The van der Waals surface area contributed by atoms with Crippen LogP contribution in [0.4, 0.5) is 4.79 Å². The largest absolute Gasteiger partial charge is 0.329 e. The molecule has 1 N–H and O–H groups in total. The predicted molar refractivity (Wildman–Crippen MR) is 88.9 cm³/mol. The number of carbonyl (C=O) groups excluding carboxylic acids is 2. The van der Waals surface area contributed by atoms with E-state index in [4.69, 9.17) is 0 Å². The highest BCUT2D eigenvalue weighted by Gasteiger charge is 2.27. The van der Waals surface area contributed by atoms with Gasteiger partial charge in [0.15, 0.2) is 5.16 Å². The van der Waals surface area contributed by atoms with Crippen LogP contribution in [0.1, 0.15) is 11.1 Å². The molecule has 2 heterocycles. The molecule has 3 rings (SSSR count). The lowest BCUT2D eigenvalue weighted by Crippen LogP contribution is -2.32. The molecule has 1 fully saturated rings. The van der Waals surface area contributed by atoms with Gasteiger partial charge in [-0.3, -0.25) is 14.3 Å². The molecule has 2 aromatic rings. The number of aromatic nitrogens is 2. The zero-order chi connectivity index (χ0) is 16.4. The van der Waals surface area contributed by atoms with Crippen LogP contribution in [0.5, 0.6) is 0 Å². The maximum atomic E-state index is 11.6.